The van der Waals surface area contributed by atoms with Gasteiger partial charge in [0, 0.05) is 35.4 Å². The molecule has 4 N–H and O–H groups in total. The number of nitrogens with zero attached hydrogens (tertiary/aromatic N) is 2. The third-order valence-corrected chi connectivity index (χ3v) is 4.53. The predicted octanol–water partition coefficient (Wildman–Crippen LogP) is 4.13. The average molecular weight is 477 g/mol. The largest absolute Gasteiger partial charge is 0.490 e. The maximum atomic E-state index is 12.4. The van der Waals surface area contributed by atoms with Crippen LogP contribution in [-0.4, -0.2) is 45.8 Å². The van der Waals surface area contributed by atoms with Crippen molar-refractivity contribution in [3.63, 3.8) is 0 Å². The molecule has 0 bridgehead atoms. The molecule has 0 atom stereocenters. The van der Waals surface area contributed by atoms with Crippen LogP contribution in [-0.2, 0) is 4.79 Å². The van der Waals surface area contributed by atoms with E-state index in [1.165, 1.54) is 7.05 Å². The molecule has 12 heteroatoms. The normalized spacial score (nSPS) is 10.5. The molecular weight excluding hydrogens is 455 g/mol. The lowest BCUT2D eigenvalue weighted by molar-refractivity contribution is -0.192. The lowest BCUT2D eigenvalue weighted by atomic mass is 10.2. The number of carbonyl (C=O) groups excluding carboxylic acids is 2. The van der Waals surface area contributed by atoms with Crippen LogP contribution in [0.1, 0.15) is 21.7 Å². The first-order chi connectivity index (χ1) is 15.9. The highest BCUT2D eigenvalue weighted by Gasteiger charge is 2.38. The lowest BCUT2D eigenvalue weighted by Crippen LogP contribution is -2.24. The van der Waals surface area contributed by atoms with Gasteiger partial charge in [0.15, 0.2) is 0 Å². The Morgan fingerprint density at radius 1 is 0.912 bits per heavy atom. The molecule has 9 nitrogen and oxygen atoms in total. The monoisotopic (exact) mass is 477 g/mol. The molecule has 0 aliphatic carbocycles. The molecule has 0 unspecified atom stereocenters. The molecular formula is C22H22F3N5O4. The van der Waals surface area contributed by atoms with Crippen LogP contribution in [0.3, 0.4) is 0 Å². The number of imidazole rings is 1. The van der Waals surface area contributed by atoms with Crippen LogP contribution >= 0.6 is 0 Å². The van der Waals surface area contributed by atoms with Crippen LogP contribution in [0.25, 0.3) is 5.69 Å². The number of carboxylic acids is 1. The van der Waals surface area contributed by atoms with Gasteiger partial charge in [-0.3, -0.25) is 4.79 Å². The van der Waals surface area contributed by atoms with Crippen molar-refractivity contribution in [2.45, 2.75) is 20.0 Å². The van der Waals surface area contributed by atoms with Gasteiger partial charge in [-0.15, -0.1) is 0 Å². The van der Waals surface area contributed by atoms with Crippen molar-refractivity contribution in [3.8, 4) is 5.69 Å². The third kappa shape index (κ3) is 7.08. The molecule has 0 aliphatic heterocycles. The predicted molar refractivity (Wildman–Crippen MR) is 119 cm³/mol. The first-order valence-corrected chi connectivity index (χ1v) is 9.73. The Morgan fingerprint density at radius 2 is 1.41 bits per heavy atom. The maximum Gasteiger partial charge on any atom is 0.490 e. The molecule has 0 spiro atoms. The Balaban J connectivity index is 0.000000509. The van der Waals surface area contributed by atoms with E-state index in [0.29, 0.717) is 16.9 Å². The second kappa shape index (κ2) is 11.0. The molecule has 0 radical (unpaired) electrons. The van der Waals surface area contributed by atoms with E-state index in [4.69, 9.17) is 9.90 Å². The summed E-state index contributed by atoms with van der Waals surface area (Å²) < 4.78 is 33.7. The molecule has 3 aromatic rings. The second-order valence-corrected chi connectivity index (χ2v) is 6.87. The second-order valence-electron chi connectivity index (χ2n) is 6.87. The fourth-order valence-electron chi connectivity index (χ4n) is 2.57. The Kier molecular flexibility index (Phi) is 8.37. The minimum absolute atomic E-state index is 0.219. The molecule has 3 rings (SSSR count). The minimum Gasteiger partial charge on any atom is -0.475 e. The number of carboxylic acid groups (broad SMARTS) is 1. The number of aromatic nitrogens is 2. The summed E-state index contributed by atoms with van der Waals surface area (Å²) in [7, 11) is 1.54. The number of anilines is 2. The SMILES string of the molecule is CNC(=O)Nc1ccc(C(=O)Nc2ccc(-n3cnc(C)c3C)cc2)cc1.O=C(O)C(F)(F)F. The van der Waals surface area contributed by atoms with Crippen molar-refractivity contribution in [2.75, 3.05) is 17.7 Å². The summed E-state index contributed by atoms with van der Waals surface area (Å²) in [5.41, 5.74) is 4.87. The number of halogens is 3. The number of benzene rings is 2. The van der Waals surface area contributed by atoms with E-state index in [-0.39, 0.29) is 11.9 Å². The molecule has 3 amide bonds. The number of alkyl halides is 3. The van der Waals surface area contributed by atoms with Crippen LogP contribution in [0.2, 0.25) is 0 Å². The number of urea groups is 1. The molecule has 0 aliphatic rings. The Labute approximate surface area is 192 Å². The van der Waals surface area contributed by atoms with Crippen LogP contribution < -0.4 is 16.0 Å². The zero-order valence-corrected chi connectivity index (χ0v) is 18.4. The molecule has 34 heavy (non-hydrogen) atoms. The van der Waals surface area contributed by atoms with Crippen molar-refractivity contribution in [3.05, 3.63) is 71.8 Å². The van der Waals surface area contributed by atoms with Gasteiger partial charge in [-0.2, -0.15) is 13.2 Å². The maximum absolute atomic E-state index is 12.4. The van der Waals surface area contributed by atoms with Gasteiger partial charge in [-0.25, -0.2) is 14.6 Å². The molecule has 0 saturated heterocycles. The first-order valence-electron chi connectivity index (χ1n) is 9.73. The zero-order chi connectivity index (χ0) is 25.5. The molecule has 1 heterocycles. The third-order valence-electron chi connectivity index (χ3n) is 4.53. The van der Waals surface area contributed by atoms with Gasteiger partial charge in [-0.05, 0) is 62.4 Å². The number of aliphatic carboxylic acids is 1. The van der Waals surface area contributed by atoms with Crippen molar-refractivity contribution in [2.24, 2.45) is 0 Å². The van der Waals surface area contributed by atoms with Gasteiger partial charge in [0.25, 0.3) is 5.91 Å². The van der Waals surface area contributed by atoms with Gasteiger partial charge in [0.2, 0.25) is 0 Å². The first kappa shape index (κ1) is 25.9. The number of aryl methyl sites for hydroxylation is 1. The highest BCUT2D eigenvalue weighted by molar-refractivity contribution is 6.04. The van der Waals surface area contributed by atoms with Crippen LogP contribution in [0.15, 0.2) is 54.9 Å². The Bertz CT molecular complexity index is 1160. The number of hydrogen-bond acceptors (Lipinski definition) is 4. The van der Waals surface area contributed by atoms with E-state index >= 15 is 0 Å². The molecule has 2 aromatic carbocycles. The fraction of sp³-hybridized carbons (Fsp3) is 0.182. The Morgan fingerprint density at radius 3 is 1.85 bits per heavy atom. The van der Waals surface area contributed by atoms with Crippen molar-refractivity contribution < 1.29 is 32.7 Å². The van der Waals surface area contributed by atoms with Gasteiger partial charge in [0.05, 0.1) is 12.0 Å². The molecule has 0 fully saturated rings. The van der Waals surface area contributed by atoms with Crippen molar-refractivity contribution >= 4 is 29.3 Å². The van der Waals surface area contributed by atoms with Gasteiger partial charge >= 0.3 is 18.2 Å². The van der Waals surface area contributed by atoms with E-state index in [9.17, 15) is 22.8 Å². The van der Waals surface area contributed by atoms with Gasteiger partial charge in [0.1, 0.15) is 0 Å². The van der Waals surface area contributed by atoms with Crippen molar-refractivity contribution in [1.82, 2.24) is 14.9 Å². The van der Waals surface area contributed by atoms with E-state index in [1.54, 1.807) is 30.6 Å². The zero-order valence-electron chi connectivity index (χ0n) is 18.4. The summed E-state index contributed by atoms with van der Waals surface area (Å²) in [6, 6.07) is 13.9. The summed E-state index contributed by atoms with van der Waals surface area (Å²) >= 11 is 0. The number of hydrogen-bond donors (Lipinski definition) is 4. The number of carbonyl (C=O) groups is 3. The number of rotatable bonds is 4. The molecule has 1 aromatic heterocycles. The standard InChI is InChI=1S/C20H21N5O2.C2HF3O2/c1-13-14(2)25(12-22-13)18-10-8-16(9-11-18)23-19(26)15-4-6-17(7-5-15)24-20(27)21-3;3-2(4,5)1(6)7/h4-12H,1-3H3,(H,23,26)(H2,21,24,27);(H,6,7). The van der Waals surface area contributed by atoms with E-state index < -0.39 is 12.1 Å². The average Bonchev–Trinajstić information content (AvgIpc) is 3.12. The summed E-state index contributed by atoms with van der Waals surface area (Å²) in [6.45, 7) is 3.98. The van der Waals surface area contributed by atoms with Gasteiger partial charge < -0.3 is 25.6 Å². The number of amides is 3. The fourth-order valence-corrected chi connectivity index (χ4v) is 2.57. The molecule has 0 saturated carbocycles. The topological polar surface area (TPSA) is 125 Å². The summed E-state index contributed by atoms with van der Waals surface area (Å²) in [6.07, 6.45) is -3.30. The van der Waals surface area contributed by atoms with E-state index in [0.717, 1.165) is 17.1 Å². The molecule has 180 valence electrons. The lowest BCUT2D eigenvalue weighted by Gasteiger charge is -2.09. The van der Waals surface area contributed by atoms with Gasteiger partial charge in [-0.1, -0.05) is 0 Å². The summed E-state index contributed by atoms with van der Waals surface area (Å²) in [5, 5.41) is 15.1. The highest BCUT2D eigenvalue weighted by Crippen LogP contribution is 2.18. The minimum atomic E-state index is -5.08. The quantitative estimate of drug-likeness (QED) is 0.450. The highest BCUT2D eigenvalue weighted by atomic mass is 19.4. The van der Waals surface area contributed by atoms with Crippen LogP contribution in [0.5, 0.6) is 0 Å². The number of nitrogens with one attached hydrogen (secondary N) is 3. The van der Waals surface area contributed by atoms with Crippen LogP contribution in [0, 0.1) is 13.8 Å². The van der Waals surface area contributed by atoms with E-state index in [1.807, 2.05) is 42.7 Å². The van der Waals surface area contributed by atoms with E-state index in [2.05, 4.69) is 20.9 Å². The Hall–Kier alpha value is -4.35. The summed E-state index contributed by atoms with van der Waals surface area (Å²) in [4.78, 5) is 36.9. The smallest absolute Gasteiger partial charge is 0.475 e. The van der Waals surface area contributed by atoms with Crippen LogP contribution in [0.4, 0.5) is 29.3 Å². The summed E-state index contributed by atoms with van der Waals surface area (Å²) in [5.74, 6) is -2.98. The van der Waals surface area contributed by atoms with Crippen molar-refractivity contribution in [1.29, 1.82) is 0 Å².